The van der Waals surface area contributed by atoms with E-state index in [1.54, 1.807) is 6.08 Å². The molecule has 0 saturated heterocycles. The molecule has 12 heavy (non-hydrogen) atoms. The van der Waals surface area contributed by atoms with E-state index in [-0.39, 0.29) is 0 Å². The zero-order valence-electron chi connectivity index (χ0n) is 7.34. The minimum atomic E-state index is -0.707. The maximum Gasteiger partial charge on any atom is 0.314 e. The van der Waals surface area contributed by atoms with E-state index in [0.717, 1.165) is 24.8 Å². The van der Waals surface area contributed by atoms with Crippen LogP contribution in [0.3, 0.4) is 0 Å². The van der Waals surface area contributed by atoms with Crippen molar-refractivity contribution in [2.45, 2.75) is 26.2 Å². The highest BCUT2D eigenvalue weighted by Crippen LogP contribution is 2.47. The van der Waals surface area contributed by atoms with E-state index in [2.05, 4.69) is 6.58 Å². The molecule has 1 aliphatic rings. The molecule has 0 heterocycles. The molecule has 0 radical (unpaired) electrons. The fraction of sp³-hybridized carbons (Fsp3) is 0.500. The molecule has 1 N–H and O–H groups in total. The van der Waals surface area contributed by atoms with Crippen molar-refractivity contribution in [1.82, 2.24) is 0 Å². The number of hydrogen-bond acceptors (Lipinski definition) is 1. The lowest BCUT2D eigenvalue weighted by Gasteiger charge is -2.38. The van der Waals surface area contributed by atoms with E-state index < -0.39 is 11.4 Å². The van der Waals surface area contributed by atoms with Crippen LogP contribution >= 0.6 is 0 Å². The summed E-state index contributed by atoms with van der Waals surface area (Å²) < 4.78 is 0. The van der Waals surface area contributed by atoms with Crippen LogP contribution in [0.2, 0.25) is 0 Å². The first-order valence-corrected chi connectivity index (χ1v) is 4.20. The first-order valence-electron chi connectivity index (χ1n) is 4.20. The van der Waals surface area contributed by atoms with Crippen molar-refractivity contribution < 1.29 is 9.90 Å². The second-order valence-corrected chi connectivity index (χ2v) is 3.19. The molecule has 66 valence electrons. The van der Waals surface area contributed by atoms with Crippen molar-refractivity contribution in [3.63, 3.8) is 0 Å². The van der Waals surface area contributed by atoms with E-state index in [9.17, 15) is 4.79 Å². The van der Waals surface area contributed by atoms with Crippen LogP contribution in [0.25, 0.3) is 0 Å². The number of carbonyl (C=O) groups is 1. The van der Waals surface area contributed by atoms with Crippen LogP contribution in [0.15, 0.2) is 24.3 Å². The summed E-state index contributed by atoms with van der Waals surface area (Å²) in [5, 5.41) is 9.03. The Morgan fingerprint density at radius 3 is 2.25 bits per heavy atom. The maximum absolute atomic E-state index is 11.0. The number of carboxylic acid groups (broad SMARTS) is 1. The molecule has 1 rings (SSSR count). The van der Waals surface area contributed by atoms with Crippen LogP contribution in [0.1, 0.15) is 26.2 Å². The predicted molar refractivity (Wildman–Crippen MR) is 47.9 cm³/mol. The van der Waals surface area contributed by atoms with Gasteiger partial charge in [0.25, 0.3) is 0 Å². The quantitative estimate of drug-likeness (QED) is 0.653. The summed E-state index contributed by atoms with van der Waals surface area (Å²) in [4.78, 5) is 11.0. The zero-order valence-corrected chi connectivity index (χ0v) is 7.34. The summed E-state index contributed by atoms with van der Waals surface area (Å²) in [5.41, 5.74) is 0.262. The Hall–Kier alpha value is -1.05. The van der Waals surface area contributed by atoms with Gasteiger partial charge in [-0.3, -0.25) is 4.79 Å². The number of carboxylic acids is 1. The van der Waals surface area contributed by atoms with E-state index in [0.29, 0.717) is 0 Å². The number of aliphatic carboxylic acids is 1. The van der Waals surface area contributed by atoms with Gasteiger partial charge in [0.05, 0.1) is 5.41 Å². The van der Waals surface area contributed by atoms with Gasteiger partial charge in [0.1, 0.15) is 0 Å². The molecule has 0 unspecified atom stereocenters. The Kier molecular flexibility index (Phi) is 2.36. The third-order valence-corrected chi connectivity index (χ3v) is 2.70. The van der Waals surface area contributed by atoms with E-state index >= 15 is 0 Å². The van der Waals surface area contributed by atoms with Crippen molar-refractivity contribution in [3.05, 3.63) is 24.3 Å². The molecule has 0 aromatic heterocycles. The molecule has 1 saturated carbocycles. The fourth-order valence-corrected chi connectivity index (χ4v) is 1.75. The van der Waals surface area contributed by atoms with Gasteiger partial charge in [0.15, 0.2) is 0 Å². The first kappa shape index (κ1) is 9.04. The van der Waals surface area contributed by atoms with Gasteiger partial charge in [-0.15, -0.1) is 0 Å². The highest BCUT2D eigenvalue weighted by Gasteiger charge is 2.46. The first-order chi connectivity index (χ1) is 5.67. The third-order valence-electron chi connectivity index (χ3n) is 2.70. The van der Waals surface area contributed by atoms with Crippen molar-refractivity contribution in [2.75, 3.05) is 0 Å². The predicted octanol–water partition coefficient (Wildman–Crippen LogP) is 2.37. The van der Waals surface area contributed by atoms with Gasteiger partial charge in [0, 0.05) is 0 Å². The summed E-state index contributed by atoms with van der Waals surface area (Å²) in [6.07, 6.45) is 6.03. The summed E-state index contributed by atoms with van der Waals surface area (Å²) in [6, 6.07) is 0. The van der Waals surface area contributed by atoms with Crippen LogP contribution in [-0.4, -0.2) is 11.1 Å². The number of rotatable bonds is 3. The topological polar surface area (TPSA) is 37.3 Å². The van der Waals surface area contributed by atoms with Gasteiger partial charge >= 0.3 is 5.97 Å². The third kappa shape index (κ3) is 1.07. The Morgan fingerprint density at radius 2 is 2.17 bits per heavy atom. The molecule has 2 heteroatoms. The molecule has 0 amide bonds. The molecule has 0 aromatic rings. The molecular weight excluding hydrogens is 152 g/mol. The smallest absolute Gasteiger partial charge is 0.314 e. The molecule has 0 aliphatic heterocycles. The lowest BCUT2D eigenvalue weighted by molar-refractivity contribution is -0.150. The Labute approximate surface area is 72.6 Å². The van der Waals surface area contributed by atoms with E-state index in [1.165, 1.54) is 0 Å². The SMILES string of the molecule is C=C/C(=C\C)C1(C(=O)O)CCC1. The van der Waals surface area contributed by atoms with Crippen LogP contribution in [0, 0.1) is 5.41 Å². The fourth-order valence-electron chi connectivity index (χ4n) is 1.75. The standard InChI is InChI=1S/C10H14O2/c1-3-8(4-2)10(9(11)12)6-5-7-10/h3-4H,1,5-7H2,2H3,(H,11,12)/b8-4+. The highest BCUT2D eigenvalue weighted by atomic mass is 16.4. The Balaban J connectivity index is 2.94. The van der Waals surface area contributed by atoms with Gasteiger partial charge in [-0.2, -0.15) is 0 Å². The van der Waals surface area contributed by atoms with Crippen LogP contribution in [0.5, 0.6) is 0 Å². The molecule has 1 aliphatic carbocycles. The van der Waals surface area contributed by atoms with Gasteiger partial charge in [-0.25, -0.2) is 0 Å². The van der Waals surface area contributed by atoms with Gasteiger partial charge in [0.2, 0.25) is 0 Å². The molecule has 2 nitrogen and oxygen atoms in total. The number of allylic oxidation sites excluding steroid dienone is 2. The second-order valence-electron chi connectivity index (χ2n) is 3.19. The average molecular weight is 166 g/mol. The maximum atomic E-state index is 11.0. The van der Waals surface area contributed by atoms with Gasteiger partial charge < -0.3 is 5.11 Å². The van der Waals surface area contributed by atoms with Crippen LogP contribution in [0.4, 0.5) is 0 Å². The minimum Gasteiger partial charge on any atom is -0.481 e. The van der Waals surface area contributed by atoms with E-state index in [1.807, 2.05) is 13.0 Å². The van der Waals surface area contributed by atoms with Crippen molar-refractivity contribution in [1.29, 1.82) is 0 Å². The highest BCUT2D eigenvalue weighted by molar-refractivity contribution is 5.80. The van der Waals surface area contributed by atoms with Gasteiger partial charge in [-0.1, -0.05) is 25.2 Å². The summed E-state index contributed by atoms with van der Waals surface area (Å²) >= 11 is 0. The monoisotopic (exact) mass is 166 g/mol. The minimum absolute atomic E-state index is 0.601. The summed E-state index contributed by atoms with van der Waals surface area (Å²) in [5.74, 6) is -0.707. The molecule has 1 fully saturated rings. The van der Waals surface area contributed by atoms with Crippen molar-refractivity contribution in [3.8, 4) is 0 Å². The molecule has 0 spiro atoms. The Bertz CT molecular complexity index is 234. The second kappa shape index (κ2) is 3.13. The summed E-state index contributed by atoms with van der Waals surface area (Å²) in [7, 11) is 0. The van der Waals surface area contributed by atoms with Gasteiger partial charge in [-0.05, 0) is 25.3 Å². The summed E-state index contributed by atoms with van der Waals surface area (Å²) in [6.45, 7) is 5.49. The molecule has 0 aromatic carbocycles. The lowest BCUT2D eigenvalue weighted by Crippen LogP contribution is -2.39. The van der Waals surface area contributed by atoms with Crippen molar-refractivity contribution in [2.24, 2.45) is 5.41 Å². The Morgan fingerprint density at radius 1 is 1.58 bits per heavy atom. The van der Waals surface area contributed by atoms with Crippen LogP contribution < -0.4 is 0 Å². The molecule has 0 bridgehead atoms. The normalized spacial score (nSPS) is 21.2. The van der Waals surface area contributed by atoms with Crippen molar-refractivity contribution >= 4 is 5.97 Å². The lowest BCUT2D eigenvalue weighted by atomic mass is 9.64. The zero-order chi connectivity index (χ0) is 9.19. The van der Waals surface area contributed by atoms with Crippen LogP contribution in [-0.2, 0) is 4.79 Å². The molecule has 0 atom stereocenters. The average Bonchev–Trinajstić information content (AvgIpc) is 1.95. The molecular formula is C10H14O2. The van der Waals surface area contributed by atoms with E-state index in [4.69, 9.17) is 5.11 Å². The largest absolute Gasteiger partial charge is 0.481 e. The number of hydrogen-bond donors (Lipinski definition) is 1.